The topological polar surface area (TPSA) is 84.9 Å². The van der Waals surface area contributed by atoms with Gasteiger partial charge >= 0.3 is 5.97 Å². The van der Waals surface area contributed by atoms with Crippen LogP contribution in [0.2, 0.25) is 0 Å². The number of methoxy groups -OCH3 is 1. The van der Waals surface area contributed by atoms with Gasteiger partial charge in [0.2, 0.25) is 5.91 Å². The van der Waals surface area contributed by atoms with E-state index in [1.807, 2.05) is 6.07 Å². The number of esters is 1. The van der Waals surface area contributed by atoms with Crippen LogP contribution in [0, 0.1) is 0 Å². The Morgan fingerprint density at radius 2 is 2.23 bits per heavy atom. The number of amides is 1. The standard InChI is InChI=1S/C16H19NO5/c1-21-15(19)7-4-9-17-14(18)11-16(20)8-10-22-13-6-3-2-5-12(13)16/h2-7,20H,8-11H2,1H3,(H,17,18)/b7-4+. The normalized spacial score (nSPS) is 20.1. The Bertz CT molecular complexity index is 584. The van der Waals surface area contributed by atoms with Crippen molar-refractivity contribution in [3.8, 4) is 5.75 Å². The van der Waals surface area contributed by atoms with Crippen LogP contribution in [0.3, 0.4) is 0 Å². The molecule has 1 heterocycles. The van der Waals surface area contributed by atoms with E-state index < -0.39 is 11.6 Å². The lowest BCUT2D eigenvalue weighted by Gasteiger charge is -2.33. The molecule has 1 aliphatic heterocycles. The molecule has 0 saturated carbocycles. The molecule has 118 valence electrons. The smallest absolute Gasteiger partial charge is 0.330 e. The second-order valence-electron chi connectivity index (χ2n) is 5.03. The van der Waals surface area contributed by atoms with Crippen molar-refractivity contribution in [1.29, 1.82) is 0 Å². The Hall–Kier alpha value is -2.34. The molecular weight excluding hydrogens is 286 g/mol. The highest BCUT2D eigenvalue weighted by Crippen LogP contribution is 2.38. The van der Waals surface area contributed by atoms with Crippen molar-refractivity contribution in [1.82, 2.24) is 5.32 Å². The molecule has 22 heavy (non-hydrogen) atoms. The predicted octanol–water partition coefficient (Wildman–Crippen LogP) is 0.892. The van der Waals surface area contributed by atoms with Gasteiger partial charge < -0.3 is 19.9 Å². The van der Waals surface area contributed by atoms with Gasteiger partial charge in [0.05, 0.1) is 20.1 Å². The molecule has 0 radical (unpaired) electrons. The maximum Gasteiger partial charge on any atom is 0.330 e. The van der Waals surface area contributed by atoms with Gasteiger partial charge in [0.1, 0.15) is 11.4 Å². The van der Waals surface area contributed by atoms with Gasteiger partial charge in [-0.1, -0.05) is 24.3 Å². The molecule has 0 saturated heterocycles. The fourth-order valence-corrected chi connectivity index (χ4v) is 2.35. The van der Waals surface area contributed by atoms with E-state index in [0.717, 1.165) is 0 Å². The molecule has 6 heteroatoms. The second kappa shape index (κ2) is 7.09. The minimum Gasteiger partial charge on any atom is -0.493 e. The summed E-state index contributed by atoms with van der Waals surface area (Å²) in [5.41, 5.74) is -0.605. The Kier molecular flexibility index (Phi) is 5.16. The predicted molar refractivity (Wildman–Crippen MR) is 79.2 cm³/mol. The molecule has 0 fully saturated rings. The minimum absolute atomic E-state index is 0.0561. The Balaban J connectivity index is 1.94. The summed E-state index contributed by atoms with van der Waals surface area (Å²) < 4.78 is 9.92. The molecule has 0 spiro atoms. The van der Waals surface area contributed by atoms with Crippen LogP contribution in [0.1, 0.15) is 18.4 Å². The summed E-state index contributed by atoms with van der Waals surface area (Å²) >= 11 is 0. The summed E-state index contributed by atoms with van der Waals surface area (Å²) in [6, 6.07) is 7.16. The third kappa shape index (κ3) is 3.85. The van der Waals surface area contributed by atoms with E-state index in [9.17, 15) is 14.7 Å². The van der Waals surface area contributed by atoms with Crippen LogP contribution in [0.5, 0.6) is 5.75 Å². The highest BCUT2D eigenvalue weighted by atomic mass is 16.5. The number of hydrogen-bond acceptors (Lipinski definition) is 5. The zero-order valence-electron chi connectivity index (χ0n) is 12.4. The third-order valence-corrected chi connectivity index (χ3v) is 3.49. The molecule has 1 amide bonds. The first-order chi connectivity index (χ1) is 10.5. The average molecular weight is 305 g/mol. The molecule has 2 rings (SSSR count). The van der Waals surface area contributed by atoms with Gasteiger partial charge in [-0.05, 0) is 6.07 Å². The second-order valence-corrected chi connectivity index (χ2v) is 5.03. The molecule has 1 aromatic rings. The van der Waals surface area contributed by atoms with E-state index in [4.69, 9.17) is 4.74 Å². The number of carbonyl (C=O) groups is 2. The zero-order valence-corrected chi connectivity index (χ0v) is 12.4. The van der Waals surface area contributed by atoms with E-state index in [2.05, 4.69) is 10.1 Å². The fourth-order valence-electron chi connectivity index (χ4n) is 2.35. The van der Waals surface area contributed by atoms with Crippen LogP contribution in [-0.4, -0.2) is 37.2 Å². The molecule has 1 aromatic carbocycles. The van der Waals surface area contributed by atoms with E-state index >= 15 is 0 Å². The number of hydrogen-bond donors (Lipinski definition) is 2. The molecule has 1 unspecified atom stereocenters. The van der Waals surface area contributed by atoms with Crippen LogP contribution in [0.25, 0.3) is 0 Å². The number of rotatable bonds is 5. The number of fused-ring (bicyclic) bond motifs is 1. The lowest BCUT2D eigenvalue weighted by molar-refractivity contribution is -0.135. The Morgan fingerprint density at radius 1 is 1.45 bits per heavy atom. The number of carbonyl (C=O) groups excluding carboxylic acids is 2. The summed E-state index contributed by atoms with van der Waals surface area (Å²) in [5.74, 6) is -0.172. The highest BCUT2D eigenvalue weighted by molar-refractivity contribution is 5.82. The number of nitrogens with one attached hydrogen (secondary N) is 1. The number of para-hydroxylation sites is 1. The van der Waals surface area contributed by atoms with Crippen LogP contribution in [0.15, 0.2) is 36.4 Å². The largest absolute Gasteiger partial charge is 0.493 e. The maximum atomic E-state index is 12.0. The minimum atomic E-state index is -1.23. The van der Waals surface area contributed by atoms with Crippen LogP contribution >= 0.6 is 0 Å². The van der Waals surface area contributed by atoms with Crippen molar-refractivity contribution >= 4 is 11.9 Å². The molecule has 6 nitrogen and oxygen atoms in total. The van der Waals surface area contributed by atoms with Crippen molar-refractivity contribution in [2.45, 2.75) is 18.4 Å². The summed E-state index contributed by atoms with van der Waals surface area (Å²) in [4.78, 5) is 22.9. The van der Waals surface area contributed by atoms with Gasteiger partial charge in [-0.15, -0.1) is 0 Å². The van der Waals surface area contributed by atoms with Crippen LogP contribution in [-0.2, 0) is 19.9 Å². The van der Waals surface area contributed by atoms with E-state index in [-0.39, 0.29) is 18.9 Å². The van der Waals surface area contributed by atoms with Crippen LogP contribution < -0.4 is 10.1 Å². The summed E-state index contributed by atoms with van der Waals surface area (Å²) in [7, 11) is 1.28. The Labute approximate surface area is 128 Å². The van der Waals surface area contributed by atoms with Crippen molar-refractivity contribution in [2.24, 2.45) is 0 Å². The number of ether oxygens (including phenoxy) is 2. The van der Waals surface area contributed by atoms with Gasteiger partial charge in [0.15, 0.2) is 0 Å². The van der Waals surface area contributed by atoms with Gasteiger partial charge in [0, 0.05) is 24.6 Å². The maximum absolute atomic E-state index is 12.0. The monoisotopic (exact) mass is 305 g/mol. The summed E-state index contributed by atoms with van der Waals surface area (Å²) in [6.07, 6.45) is 3.03. The van der Waals surface area contributed by atoms with Crippen molar-refractivity contribution in [2.75, 3.05) is 20.3 Å². The van der Waals surface area contributed by atoms with Crippen LogP contribution in [0.4, 0.5) is 0 Å². The highest BCUT2D eigenvalue weighted by Gasteiger charge is 2.37. The van der Waals surface area contributed by atoms with Gasteiger partial charge in [-0.25, -0.2) is 4.79 Å². The van der Waals surface area contributed by atoms with Gasteiger partial charge in [-0.3, -0.25) is 4.79 Å². The van der Waals surface area contributed by atoms with Gasteiger partial charge in [0.25, 0.3) is 0 Å². The molecule has 1 atom stereocenters. The molecule has 1 aliphatic rings. The third-order valence-electron chi connectivity index (χ3n) is 3.49. The molecular formula is C16H19NO5. The van der Waals surface area contributed by atoms with E-state index in [0.29, 0.717) is 24.3 Å². The molecule has 0 bridgehead atoms. The summed E-state index contributed by atoms with van der Waals surface area (Å²) in [6.45, 7) is 0.561. The fraction of sp³-hybridized carbons (Fsp3) is 0.375. The average Bonchev–Trinajstić information content (AvgIpc) is 2.51. The molecule has 0 aromatic heterocycles. The lowest BCUT2D eigenvalue weighted by Crippen LogP contribution is -2.38. The van der Waals surface area contributed by atoms with Gasteiger partial charge in [-0.2, -0.15) is 0 Å². The Morgan fingerprint density at radius 3 is 3.00 bits per heavy atom. The van der Waals surface area contributed by atoms with E-state index in [1.54, 1.807) is 18.2 Å². The first kappa shape index (κ1) is 16.0. The quantitative estimate of drug-likeness (QED) is 0.623. The molecule has 2 N–H and O–H groups in total. The van der Waals surface area contributed by atoms with Crippen molar-refractivity contribution in [3.05, 3.63) is 42.0 Å². The number of benzene rings is 1. The SMILES string of the molecule is COC(=O)/C=C/CNC(=O)CC1(O)CCOc2ccccc21. The van der Waals surface area contributed by atoms with Crippen molar-refractivity contribution in [3.63, 3.8) is 0 Å². The van der Waals surface area contributed by atoms with E-state index in [1.165, 1.54) is 19.3 Å². The number of aliphatic hydroxyl groups is 1. The first-order valence-corrected chi connectivity index (χ1v) is 7.01. The zero-order chi connectivity index (χ0) is 16.0. The molecule has 0 aliphatic carbocycles. The summed E-state index contributed by atoms with van der Waals surface area (Å²) in [5, 5.41) is 13.4. The first-order valence-electron chi connectivity index (χ1n) is 7.01. The van der Waals surface area contributed by atoms with Crippen molar-refractivity contribution < 1.29 is 24.2 Å². The lowest BCUT2D eigenvalue weighted by atomic mass is 9.85.